The fourth-order valence-electron chi connectivity index (χ4n) is 2.09. The van der Waals surface area contributed by atoms with Gasteiger partial charge in [-0.3, -0.25) is 0 Å². The zero-order valence-corrected chi connectivity index (χ0v) is 15.5. The van der Waals surface area contributed by atoms with E-state index >= 15 is 0 Å². The van der Waals surface area contributed by atoms with E-state index in [9.17, 15) is 0 Å². The number of halogens is 4. The van der Waals surface area contributed by atoms with E-state index in [4.69, 9.17) is 23.2 Å². The lowest BCUT2D eigenvalue weighted by Gasteiger charge is -2.09. The van der Waals surface area contributed by atoms with Crippen molar-refractivity contribution in [3.8, 4) is 11.4 Å². The Morgan fingerprint density at radius 2 is 1.81 bits per heavy atom. The molecule has 3 rings (SSSR count). The van der Waals surface area contributed by atoms with Crippen LogP contribution in [-0.2, 0) is 0 Å². The van der Waals surface area contributed by atoms with Gasteiger partial charge in [0.15, 0.2) is 5.82 Å². The molecular weight excluding hydrogens is 439 g/mol. The first-order valence-corrected chi connectivity index (χ1v) is 8.39. The fraction of sp³-hybridized carbons (Fsp3) is 0.0667. The molecule has 0 N–H and O–H groups in total. The normalized spacial score (nSPS) is 11.1. The second kappa shape index (κ2) is 5.84. The summed E-state index contributed by atoms with van der Waals surface area (Å²) in [6, 6.07) is 9.49. The standard InChI is InChI=1S/C15H8Br2Cl2N2/c1-7-9(3-2-4-12(7)18)15-20-13-10(14(19)21-15)5-8(16)6-11(13)17/h2-6H,1H3. The maximum Gasteiger partial charge on any atom is 0.161 e. The van der Waals surface area contributed by atoms with Crippen LogP contribution in [0.4, 0.5) is 0 Å². The van der Waals surface area contributed by atoms with Crippen molar-refractivity contribution in [2.45, 2.75) is 6.92 Å². The number of hydrogen-bond donors (Lipinski definition) is 0. The van der Waals surface area contributed by atoms with Crippen LogP contribution in [0.15, 0.2) is 39.3 Å². The molecule has 0 atom stereocenters. The minimum Gasteiger partial charge on any atom is -0.227 e. The summed E-state index contributed by atoms with van der Waals surface area (Å²) < 4.78 is 1.77. The van der Waals surface area contributed by atoms with Gasteiger partial charge in [-0.05, 0) is 46.6 Å². The Kier molecular flexibility index (Phi) is 4.23. The molecule has 6 heteroatoms. The van der Waals surface area contributed by atoms with E-state index in [2.05, 4.69) is 41.8 Å². The van der Waals surface area contributed by atoms with E-state index in [-0.39, 0.29) is 0 Å². The third-order valence-electron chi connectivity index (χ3n) is 3.18. The Morgan fingerprint density at radius 1 is 1.05 bits per heavy atom. The van der Waals surface area contributed by atoms with Gasteiger partial charge in [-0.1, -0.05) is 51.3 Å². The minimum atomic E-state index is 0.413. The van der Waals surface area contributed by atoms with E-state index in [1.165, 1.54) is 0 Å². The van der Waals surface area contributed by atoms with Crippen molar-refractivity contribution < 1.29 is 0 Å². The lowest BCUT2D eigenvalue weighted by Crippen LogP contribution is -1.95. The van der Waals surface area contributed by atoms with E-state index in [0.29, 0.717) is 16.0 Å². The van der Waals surface area contributed by atoms with Gasteiger partial charge >= 0.3 is 0 Å². The van der Waals surface area contributed by atoms with Crippen LogP contribution in [0.5, 0.6) is 0 Å². The van der Waals surface area contributed by atoms with E-state index < -0.39 is 0 Å². The van der Waals surface area contributed by atoms with Gasteiger partial charge in [-0.25, -0.2) is 9.97 Å². The molecule has 0 saturated heterocycles. The summed E-state index contributed by atoms with van der Waals surface area (Å²) in [5.74, 6) is 0.565. The van der Waals surface area contributed by atoms with Gasteiger partial charge in [-0.15, -0.1) is 0 Å². The lowest BCUT2D eigenvalue weighted by molar-refractivity contribution is 1.21. The molecule has 0 unspecified atom stereocenters. The van der Waals surface area contributed by atoms with Crippen LogP contribution in [-0.4, -0.2) is 9.97 Å². The third kappa shape index (κ3) is 2.82. The number of nitrogens with zero attached hydrogens (tertiary/aromatic N) is 2. The zero-order chi connectivity index (χ0) is 15.1. The molecule has 0 radical (unpaired) electrons. The van der Waals surface area contributed by atoms with Crippen LogP contribution in [0, 0.1) is 6.92 Å². The zero-order valence-electron chi connectivity index (χ0n) is 10.8. The smallest absolute Gasteiger partial charge is 0.161 e. The van der Waals surface area contributed by atoms with Crippen LogP contribution >= 0.6 is 55.1 Å². The van der Waals surface area contributed by atoms with Gasteiger partial charge in [0.2, 0.25) is 0 Å². The number of benzene rings is 2. The first-order chi connectivity index (χ1) is 9.97. The first-order valence-electron chi connectivity index (χ1n) is 6.05. The highest BCUT2D eigenvalue weighted by atomic mass is 79.9. The van der Waals surface area contributed by atoms with Gasteiger partial charge in [0.25, 0.3) is 0 Å². The molecule has 0 aliphatic carbocycles. The van der Waals surface area contributed by atoms with Crippen LogP contribution in [0.3, 0.4) is 0 Å². The molecular formula is C15H8Br2Cl2N2. The van der Waals surface area contributed by atoms with Crippen molar-refractivity contribution in [3.63, 3.8) is 0 Å². The molecule has 1 heterocycles. The molecule has 0 bridgehead atoms. The van der Waals surface area contributed by atoms with Crippen molar-refractivity contribution >= 4 is 66.0 Å². The molecule has 0 spiro atoms. The van der Waals surface area contributed by atoms with Crippen molar-refractivity contribution in [3.05, 3.63) is 55.0 Å². The summed E-state index contributed by atoms with van der Waals surface area (Å²) in [7, 11) is 0. The van der Waals surface area contributed by atoms with E-state index in [1.807, 2.05) is 37.3 Å². The maximum atomic E-state index is 6.32. The van der Waals surface area contributed by atoms with Gasteiger partial charge < -0.3 is 0 Å². The Balaban J connectivity index is 2.33. The molecule has 0 amide bonds. The second-order valence-electron chi connectivity index (χ2n) is 4.53. The highest BCUT2D eigenvalue weighted by molar-refractivity contribution is 9.11. The van der Waals surface area contributed by atoms with Crippen molar-refractivity contribution in [2.75, 3.05) is 0 Å². The highest BCUT2D eigenvalue weighted by Gasteiger charge is 2.13. The largest absolute Gasteiger partial charge is 0.227 e. The summed E-state index contributed by atoms with van der Waals surface area (Å²) in [6.45, 7) is 1.94. The Labute approximate surface area is 148 Å². The van der Waals surface area contributed by atoms with Crippen molar-refractivity contribution in [1.29, 1.82) is 0 Å². The minimum absolute atomic E-state index is 0.413. The summed E-state index contributed by atoms with van der Waals surface area (Å²) >= 11 is 19.4. The molecule has 2 aromatic carbocycles. The monoisotopic (exact) mass is 444 g/mol. The molecule has 21 heavy (non-hydrogen) atoms. The van der Waals surface area contributed by atoms with Crippen molar-refractivity contribution in [2.24, 2.45) is 0 Å². The second-order valence-corrected chi connectivity index (χ2v) is 7.07. The molecule has 2 nitrogen and oxygen atoms in total. The predicted molar refractivity (Wildman–Crippen MR) is 95.1 cm³/mol. The van der Waals surface area contributed by atoms with Crippen LogP contribution in [0.2, 0.25) is 10.2 Å². The molecule has 3 aromatic rings. The highest BCUT2D eigenvalue weighted by Crippen LogP contribution is 2.34. The molecule has 0 aliphatic heterocycles. The predicted octanol–water partition coefficient (Wildman–Crippen LogP) is 6.44. The van der Waals surface area contributed by atoms with Gasteiger partial charge in [0.05, 0.1) is 5.52 Å². The SMILES string of the molecule is Cc1c(Cl)cccc1-c1nc(Cl)c2cc(Br)cc(Br)c2n1. The van der Waals surface area contributed by atoms with Crippen LogP contribution in [0.25, 0.3) is 22.3 Å². The Morgan fingerprint density at radius 3 is 2.57 bits per heavy atom. The molecule has 0 aliphatic rings. The average Bonchev–Trinajstić information content (AvgIpc) is 2.43. The average molecular weight is 447 g/mol. The first kappa shape index (κ1) is 15.2. The molecule has 1 aromatic heterocycles. The van der Waals surface area contributed by atoms with E-state index in [1.54, 1.807) is 0 Å². The number of aromatic nitrogens is 2. The summed E-state index contributed by atoms with van der Waals surface area (Å²) in [6.07, 6.45) is 0. The van der Waals surface area contributed by atoms with E-state index in [0.717, 1.165) is 31.0 Å². The Bertz CT molecular complexity index is 866. The summed E-state index contributed by atoms with van der Waals surface area (Å²) in [5, 5.41) is 1.89. The lowest BCUT2D eigenvalue weighted by atomic mass is 10.1. The molecule has 0 saturated carbocycles. The Hall–Kier alpha value is -0.680. The quantitative estimate of drug-likeness (QED) is 0.402. The van der Waals surface area contributed by atoms with Crippen LogP contribution < -0.4 is 0 Å². The summed E-state index contributed by atoms with van der Waals surface area (Å²) in [4.78, 5) is 9.04. The number of fused-ring (bicyclic) bond motifs is 1. The number of rotatable bonds is 1. The van der Waals surface area contributed by atoms with Crippen molar-refractivity contribution in [1.82, 2.24) is 9.97 Å². The maximum absolute atomic E-state index is 6.32. The third-order valence-corrected chi connectivity index (χ3v) is 4.94. The van der Waals surface area contributed by atoms with Crippen LogP contribution in [0.1, 0.15) is 5.56 Å². The topological polar surface area (TPSA) is 25.8 Å². The number of hydrogen-bond acceptors (Lipinski definition) is 2. The molecule has 0 fully saturated rings. The fourth-order valence-corrected chi connectivity index (χ4v) is 3.80. The van der Waals surface area contributed by atoms with Gasteiger partial charge in [0.1, 0.15) is 5.15 Å². The summed E-state index contributed by atoms with van der Waals surface area (Å²) in [5.41, 5.74) is 2.58. The molecule has 106 valence electrons. The van der Waals surface area contributed by atoms with Gasteiger partial charge in [0, 0.05) is 24.9 Å². The van der Waals surface area contributed by atoms with Gasteiger partial charge in [-0.2, -0.15) is 0 Å².